The largest absolute Gasteiger partial charge is 0.455 e. The maximum absolute atomic E-state index is 15.0. The fraction of sp³-hybridized carbons (Fsp3) is 0.632. The third kappa shape index (κ3) is 8.17. The van der Waals surface area contributed by atoms with E-state index in [1.54, 1.807) is 9.80 Å². The van der Waals surface area contributed by atoms with Gasteiger partial charge in [-0.25, -0.2) is 0 Å². The van der Waals surface area contributed by atoms with Crippen molar-refractivity contribution in [3.8, 4) is 0 Å². The molecule has 284 valence electrons. The SMILES string of the molecule is COC[C@@H]1NC(=O)CC/C=C\CN(CCN2CCOCC2)C(=O)[C@H]2N(CCCCCCO)C(=O)[C@@H]3[C@@H](C(=O)O[C@H]1c1ccccc1)[C@@H]1O[C@@]32C=C1Br. The summed E-state index contributed by atoms with van der Waals surface area (Å²) in [5.41, 5.74) is -0.723. The molecule has 3 saturated heterocycles. The Balaban J connectivity index is 1.38. The number of unbranched alkanes of at least 4 members (excludes halogenated alkanes) is 3. The van der Waals surface area contributed by atoms with Gasteiger partial charge in [0.15, 0.2) is 0 Å². The summed E-state index contributed by atoms with van der Waals surface area (Å²) in [5.74, 6) is -3.47. The molecule has 5 heterocycles. The Hall–Kier alpha value is -3.14. The van der Waals surface area contributed by atoms with Crippen LogP contribution in [0.1, 0.15) is 50.2 Å². The Bertz CT molecular complexity index is 1490. The van der Waals surface area contributed by atoms with E-state index in [0.717, 1.165) is 25.9 Å². The number of morpholine rings is 1. The third-order valence-electron chi connectivity index (χ3n) is 10.8. The number of cyclic esters (lactones) is 1. The van der Waals surface area contributed by atoms with Crippen molar-refractivity contribution in [2.45, 2.75) is 68.4 Å². The van der Waals surface area contributed by atoms with E-state index in [4.69, 9.17) is 18.9 Å². The lowest BCUT2D eigenvalue weighted by Gasteiger charge is -2.37. The van der Waals surface area contributed by atoms with Gasteiger partial charge in [0.1, 0.15) is 29.8 Å². The highest BCUT2D eigenvalue weighted by Gasteiger charge is 2.75. The molecular formula is C38H51BrN4O9. The number of ether oxygens (including phenoxy) is 4. The molecule has 1 aromatic carbocycles. The first-order valence-electron chi connectivity index (χ1n) is 18.5. The fourth-order valence-corrected chi connectivity index (χ4v) is 8.97. The number of fused-ring (bicyclic) bond motifs is 2. The van der Waals surface area contributed by atoms with Gasteiger partial charge in [-0.15, -0.1) is 0 Å². The Morgan fingerprint density at radius 2 is 1.73 bits per heavy atom. The minimum absolute atomic E-state index is 0.0770. The third-order valence-corrected chi connectivity index (χ3v) is 11.5. The number of allylic oxidation sites excluding steroid dienone is 1. The van der Waals surface area contributed by atoms with Crippen molar-refractivity contribution in [2.24, 2.45) is 11.8 Å². The molecule has 0 aliphatic carbocycles. The highest BCUT2D eigenvalue weighted by atomic mass is 79.9. The average Bonchev–Trinajstić information content (AvgIpc) is 3.74. The zero-order valence-electron chi connectivity index (χ0n) is 29.8. The number of likely N-dealkylation sites (tertiary alicyclic amines) is 1. The predicted octanol–water partition coefficient (Wildman–Crippen LogP) is 2.34. The van der Waals surface area contributed by atoms with Crippen LogP contribution in [-0.4, -0.2) is 140 Å². The molecule has 0 radical (unpaired) electrons. The van der Waals surface area contributed by atoms with Gasteiger partial charge in [0, 0.05) is 63.9 Å². The Kier molecular flexibility index (Phi) is 13.2. The van der Waals surface area contributed by atoms with E-state index >= 15 is 0 Å². The molecule has 1 spiro atoms. The number of esters is 1. The molecule has 0 saturated carbocycles. The Morgan fingerprint density at radius 3 is 2.48 bits per heavy atom. The quantitative estimate of drug-likeness (QED) is 0.184. The van der Waals surface area contributed by atoms with Gasteiger partial charge in [-0.3, -0.25) is 24.1 Å². The van der Waals surface area contributed by atoms with Gasteiger partial charge in [-0.2, -0.15) is 0 Å². The number of carbonyl (C=O) groups is 4. The first-order valence-corrected chi connectivity index (χ1v) is 19.3. The minimum Gasteiger partial charge on any atom is -0.455 e. The van der Waals surface area contributed by atoms with Crippen LogP contribution in [0.15, 0.2) is 53.0 Å². The maximum atomic E-state index is 15.0. The number of aliphatic hydroxyl groups is 1. The highest BCUT2D eigenvalue weighted by Crippen LogP contribution is 2.59. The van der Waals surface area contributed by atoms with Crippen molar-refractivity contribution in [1.29, 1.82) is 0 Å². The number of carbonyl (C=O) groups excluding carboxylic acids is 4. The second-order valence-electron chi connectivity index (χ2n) is 14.1. The van der Waals surface area contributed by atoms with Crippen molar-refractivity contribution in [2.75, 3.05) is 72.8 Å². The zero-order valence-corrected chi connectivity index (χ0v) is 31.4. The van der Waals surface area contributed by atoms with Gasteiger partial charge in [0.25, 0.3) is 0 Å². The van der Waals surface area contributed by atoms with Crippen LogP contribution in [0, 0.1) is 11.8 Å². The van der Waals surface area contributed by atoms with Gasteiger partial charge in [-0.1, -0.05) is 71.3 Å². The molecule has 7 atom stereocenters. The van der Waals surface area contributed by atoms with Crippen LogP contribution < -0.4 is 5.32 Å². The molecule has 2 N–H and O–H groups in total. The van der Waals surface area contributed by atoms with Crippen LogP contribution in [0.4, 0.5) is 0 Å². The van der Waals surface area contributed by atoms with E-state index in [2.05, 4.69) is 26.1 Å². The van der Waals surface area contributed by atoms with Gasteiger partial charge < -0.3 is 39.2 Å². The van der Waals surface area contributed by atoms with Crippen molar-refractivity contribution in [3.05, 3.63) is 58.6 Å². The fourth-order valence-electron chi connectivity index (χ4n) is 8.23. The van der Waals surface area contributed by atoms with E-state index in [1.165, 1.54) is 7.11 Å². The molecule has 6 rings (SSSR count). The van der Waals surface area contributed by atoms with E-state index in [1.807, 2.05) is 48.6 Å². The lowest BCUT2D eigenvalue weighted by molar-refractivity contribution is -0.162. The maximum Gasteiger partial charge on any atom is 0.313 e. The van der Waals surface area contributed by atoms with E-state index in [0.29, 0.717) is 62.2 Å². The summed E-state index contributed by atoms with van der Waals surface area (Å²) < 4.78 is 24.7. The molecule has 52 heavy (non-hydrogen) atoms. The highest BCUT2D eigenvalue weighted by molar-refractivity contribution is 9.11. The predicted molar refractivity (Wildman–Crippen MR) is 194 cm³/mol. The molecule has 5 bridgehead atoms. The summed E-state index contributed by atoms with van der Waals surface area (Å²) in [6.07, 6.45) is 7.36. The molecular weight excluding hydrogens is 736 g/mol. The second-order valence-corrected chi connectivity index (χ2v) is 15.1. The van der Waals surface area contributed by atoms with Crippen LogP contribution in [0.2, 0.25) is 0 Å². The van der Waals surface area contributed by atoms with E-state index in [-0.39, 0.29) is 43.9 Å². The zero-order chi connectivity index (χ0) is 36.7. The number of nitrogens with zero attached hydrogens (tertiary/aromatic N) is 3. The van der Waals surface area contributed by atoms with Crippen molar-refractivity contribution < 1.29 is 43.2 Å². The van der Waals surface area contributed by atoms with Crippen molar-refractivity contribution in [1.82, 2.24) is 20.0 Å². The van der Waals surface area contributed by atoms with Gasteiger partial charge in [0.2, 0.25) is 17.7 Å². The number of halogens is 1. The number of hydrogen-bond acceptors (Lipinski definition) is 10. The number of hydrogen-bond donors (Lipinski definition) is 2. The Labute approximate surface area is 313 Å². The summed E-state index contributed by atoms with van der Waals surface area (Å²) in [6.45, 7) is 4.58. The summed E-state index contributed by atoms with van der Waals surface area (Å²) >= 11 is 3.64. The standard InChI is InChI=1S/C38H51BrN4O9/c1-49-25-28-32(26-12-6-4-7-13-26)51-37(48)30-31-35(46)43(16-10-2-3-11-21-44)34(38(31)24-27(39)33(30)52-38)36(47)42(15-9-5-8-14-29(45)40-28)18-17-41-19-22-50-23-20-41/h4-7,9,12-13,24,28,30-34,44H,2-3,8,10-11,14-23,25H2,1H3,(H,40,45)/b9-5-/t28-,30+,31-,32-,33+,34+,38-/m0/s1. The number of rotatable bonds is 12. The monoisotopic (exact) mass is 786 g/mol. The van der Waals surface area contributed by atoms with Gasteiger partial charge in [-0.05, 0) is 30.9 Å². The molecule has 14 heteroatoms. The lowest BCUT2D eigenvalue weighted by Crippen LogP contribution is -2.57. The number of methoxy groups -OCH3 is 1. The van der Waals surface area contributed by atoms with Gasteiger partial charge >= 0.3 is 5.97 Å². The molecule has 0 unspecified atom stereocenters. The minimum atomic E-state index is -1.39. The lowest BCUT2D eigenvalue weighted by atomic mass is 9.74. The second kappa shape index (κ2) is 17.8. The van der Waals surface area contributed by atoms with Crippen molar-refractivity contribution in [3.63, 3.8) is 0 Å². The summed E-state index contributed by atoms with van der Waals surface area (Å²) in [6, 6.07) is 7.45. The van der Waals surface area contributed by atoms with Crippen LogP contribution in [-0.2, 0) is 38.1 Å². The smallest absolute Gasteiger partial charge is 0.313 e. The van der Waals surface area contributed by atoms with Crippen LogP contribution in [0.5, 0.6) is 0 Å². The number of aliphatic hydroxyl groups excluding tert-OH is 1. The number of amides is 3. The molecule has 5 aliphatic heterocycles. The van der Waals surface area contributed by atoms with Gasteiger partial charge in [0.05, 0.1) is 31.8 Å². The van der Waals surface area contributed by atoms with Crippen molar-refractivity contribution >= 4 is 39.6 Å². The summed E-state index contributed by atoms with van der Waals surface area (Å²) in [4.78, 5) is 63.1. The number of benzene rings is 1. The van der Waals surface area contributed by atoms with E-state index < -0.39 is 47.7 Å². The summed E-state index contributed by atoms with van der Waals surface area (Å²) in [5, 5.41) is 12.3. The molecule has 3 amide bonds. The first-order chi connectivity index (χ1) is 25.3. The summed E-state index contributed by atoms with van der Waals surface area (Å²) in [7, 11) is 1.52. The number of nitrogens with one attached hydrogen (secondary N) is 1. The molecule has 1 aromatic rings. The van der Waals surface area contributed by atoms with E-state index in [9.17, 15) is 24.3 Å². The molecule has 13 nitrogen and oxygen atoms in total. The van der Waals surface area contributed by atoms with Crippen LogP contribution >= 0.6 is 15.9 Å². The average molecular weight is 788 g/mol. The molecule has 5 aliphatic rings. The molecule has 3 fully saturated rings. The van der Waals surface area contributed by atoms with Crippen LogP contribution in [0.3, 0.4) is 0 Å². The first kappa shape index (κ1) is 38.6. The van der Waals surface area contributed by atoms with Crippen LogP contribution in [0.25, 0.3) is 0 Å². The molecule has 0 aromatic heterocycles. The Morgan fingerprint density at radius 1 is 0.962 bits per heavy atom. The topological polar surface area (TPSA) is 147 Å². The normalized spacial score (nSPS) is 32.1.